The highest BCUT2D eigenvalue weighted by Gasteiger charge is 2.52. The molecule has 1 aliphatic rings. The van der Waals surface area contributed by atoms with E-state index in [9.17, 15) is 9.59 Å². The van der Waals surface area contributed by atoms with E-state index in [0.717, 1.165) is 4.42 Å². The molecule has 2 amide bonds. The molecule has 0 aliphatic carbocycles. The monoisotopic (exact) mass is 357 g/mol. The predicted octanol–water partition coefficient (Wildman–Crippen LogP) is 3.35. The highest BCUT2D eigenvalue weighted by Crippen LogP contribution is 2.38. The van der Waals surface area contributed by atoms with Crippen LogP contribution in [0.1, 0.15) is 47.5 Å². The fraction of sp³-hybridized carbons (Fsp3) is 0.846. The Bertz CT molecular complexity index is 433. The van der Waals surface area contributed by atoms with Gasteiger partial charge in [0.05, 0.1) is 5.54 Å². The van der Waals surface area contributed by atoms with E-state index in [2.05, 4.69) is 0 Å². The van der Waals surface area contributed by atoms with Crippen LogP contribution in [0.4, 0.5) is 0 Å². The standard InChI is InChI=1S/C13H22Cl3N3O2/c1-6-9(2)10(20)19(16)12(3,4)7-13(5)11(21)17(14)8-18(13)15/h9H,6-8H2,1-5H3. The van der Waals surface area contributed by atoms with Crippen LogP contribution in [0.2, 0.25) is 0 Å². The molecule has 0 aromatic carbocycles. The van der Waals surface area contributed by atoms with Crippen LogP contribution >= 0.6 is 35.3 Å². The SMILES string of the molecule is CCC(C)C(=O)N(Cl)C(C)(C)CC1(C)C(=O)N(Cl)CN1Cl. The molecule has 1 aliphatic heterocycles. The summed E-state index contributed by atoms with van der Waals surface area (Å²) < 4.78 is 3.57. The van der Waals surface area contributed by atoms with Gasteiger partial charge < -0.3 is 0 Å². The minimum Gasteiger partial charge on any atom is -0.273 e. The second-order valence-corrected chi connectivity index (χ2v) is 7.52. The fourth-order valence-corrected chi connectivity index (χ4v) is 3.24. The zero-order chi connectivity index (χ0) is 16.6. The van der Waals surface area contributed by atoms with Crippen molar-refractivity contribution in [2.75, 3.05) is 6.67 Å². The second-order valence-electron chi connectivity index (χ2n) is 6.36. The molecule has 5 nitrogen and oxygen atoms in total. The van der Waals surface area contributed by atoms with E-state index in [1.54, 1.807) is 20.8 Å². The minimum absolute atomic E-state index is 0.121. The van der Waals surface area contributed by atoms with Gasteiger partial charge in [-0.25, -0.2) is 8.84 Å². The van der Waals surface area contributed by atoms with Crippen LogP contribution in [0, 0.1) is 5.92 Å². The number of nitrogens with zero attached hydrogens (tertiary/aromatic N) is 3. The van der Waals surface area contributed by atoms with Gasteiger partial charge in [-0.15, -0.1) is 0 Å². The summed E-state index contributed by atoms with van der Waals surface area (Å²) in [5.74, 6) is -0.638. The van der Waals surface area contributed by atoms with Crippen LogP contribution in [0.25, 0.3) is 0 Å². The molecular formula is C13H22Cl3N3O2. The Morgan fingerprint density at radius 2 is 2.00 bits per heavy atom. The van der Waals surface area contributed by atoms with Crippen LogP contribution in [-0.2, 0) is 9.59 Å². The molecule has 0 bridgehead atoms. The second kappa shape index (κ2) is 6.49. The van der Waals surface area contributed by atoms with Gasteiger partial charge in [-0.05, 0) is 45.4 Å². The van der Waals surface area contributed by atoms with Gasteiger partial charge in [0.25, 0.3) is 5.91 Å². The van der Waals surface area contributed by atoms with Gasteiger partial charge >= 0.3 is 0 Å². The summed E-state index contributed by atoms with van der Waals surface area (Å²) in [5, 5.41) is 0. The molecule has 122 valence electrons. The zero-order valence-corrected chi connectivity index (χ0v) is 15.3. The average molecular weight is 359 g/mol. The van der Waals surface area contributed by atoms with Crippen LogP contribution in [-0.4, -0.2) is 42.8 Å². The summed E-state index contributed by atoms with van der Waals surface area (Å²) in [6, 6.07) is 0. The zero-order valence-electron chi connectivity index (χ0n) is 13.0. The molecule has 0 spiro atoms. The molecule has 1 heterocycles. The van der Waals surface area contributed by atoms with Gasteiger partial charge in [0.2, 0.25) is 5.91 Å². The van der Waals surface area contributed by atoms with E-state index >= 15 is 0 Å². The van der Waals surface area contributed by atoms with Crippen molar-refractivity contribution < 1.29 is 9.59 Å². The molecule has 0 radical (unpaired) electrons. The number of rotatable bonds is 5. The summed E-state index contributed by atoms with van der Waals surface area (Å²) in [5.41, 5.74) is -1.75. The molecule has 2 atom stereocenters. The van der Waals surface area contributed by atoms with Crippen LogP contribution in [0.3, 0.4) is 0 Å². The minimum atomic E-state index is -1.00. The molecule has 21 heavy (non-hydrogen) atoms. The predicted molar refractivity (Wildman–Crippen MR) is 84.5 cm³/mol. The van der Waals surface area contributed by atoms with E-state index in [0.29, 0.717) is 6.42 Å². The van der Waals surface area contributed by atoms with Crippen LogP contribution in [0.5, 0.6) is 0 Å². The summed E-state index contributed by atoms with van der Waals surface area (Å²) in [7, 11) is 0. The van der Waals surface area contributed by atoms with E-state index in [4.69, 9.17) is 35.3 Å². The number of amides is 2. The summed E-state index contributed by atoms with van der Waals surface area (Å²) in [4.78, 5) is 24.5. The summed E-state index contributed by atoms with van der Waals surface area (Å²) in [6.45, 7) is 9.18. The van der Waals surface area contributed by atoms with Crippen molar-refractivity contribution in [3.05, 3.63) is 0 Å². The molecule has 2 unspecified atom stereocenters. The number of hydrogen-bond acceptors (Lipinski definition) is 3. The molecule has 0 aromatic heterocycles. The Morgan fingerprint density at radius 1 is 1.48 bits per heavy atom. The highest BCUT2D eigenvalue weighted by atomic mass is 35.5. The van der Waals surface area contributed by atoms with Gasteiger partial charge in [-0.2, -0.15) is 4.42 Å². The maximum atomic E-state index is 12.3. The number of carbonyl (C=O) groups excluding carboxylic acids is 2. The lowest BCUT2D eigenvalue weighted by Gasteiger charge is -2.40. The Hall–Kier alpha value is -0.230. The average Bonchev–Trinajstić information content (AvgIpc) is 2.59. The van der Waals surface area contributed by atoms with Crippen molar-refractivity contribution in [1.29, 1.82) is 0 Å². The van der Waals surface area contributed by atoms with E-state index in [1.165, 1.54) is 8.84 Å². The summed E-state index contributed by atoms with van der Waals surface area (Å²) >= 11 is 18.2. The Kier molecular flexibility index (Phi) is 5.81. The number of carbonyl (C=O) groups is 2. The quantitative estimate of drug-likeness (QED) is 0.708. The molecule has 1 rings (SSSR count). The van der Waals surface area contributed by atoms with E-state index in [1.807, 2.05) is 13.8 Å². The number of halogens is 3. The summed E-state index contributed by atoms with van der Waals surface area (Å²) in [6.07, 6.45) is 0.975. The highest BCUT2D eigenvalue weighted by molar-refractivity contribution is 6.26. The van der Waals surface area contributed by atoms with Crippen LogP contribution in [0.15, 0.2) is 0 Å². The largest absolute Gasteiger partial charge is 0.273 e. The molecule has 8 heteroatoms. The van der Waals surface area contributed by atoms with Crippen LogP contribution < -0.4 is 0 Å². The smallest absolute Gasteiger partial charge is 0.259 e. The first-order chi connectivity index (χ1) is 9.47. The first-order valence-corrected chi connectivity index (χ1v) is 7.89. The third-order valence-electron chi connectivity index (χ3n) is 4.00. The Balaban J connectivity index is 2.94. The lowest BCUT2D eigenvalue weighted by Crippen LogP contribution is -2.53. The first-order valence-electron chi connectivity index (χ1n) is 6.88. The first kappa shape index (κ1) is 18.8. The van der Waals surface area contributed by atoms with Gasteiger partial charge in [0.1, 0.15) is 12.2 Å². The molecule has 0 saturated carbocycles. The molecule has 0 N–H and O–H groups in total. The molecule has 1 fully saturated rings. The van der Waals surface area contributed by atoms with Crippen molar-refractivity contribution in [1.82, 2.24) is 13.3 Å². The van der Waals surface area contributed by atoms with Crippen molar-refractivity contribution in [2.24, 2.45) is 5.92 Å². The maximum Gasteiger partial charge on any atom is 0.259 e. The van der Waals surface area contributed by atoms with Gasteiger partial charge in [-0.3, -0.25) is 9.59 Å². The number of hydrogen-bond donors (Lipinski definition) is 0. The molecule has 1 saturated heterocycles. The Labute approximate surface area is 141 Å². The lowest BCUT2D eigenvalue weighted by molar-refractivity contribution is -0.137. The Morgan fingerprint density at radius 3 is 2.38 bits per heavy atom. The van der Waals surface area contributed by atoms with Gasteiger partial charge in [0.15, 0.2) is 0 Å². The van der Waals surface area contributed by atoms with Crippen molar-refractivity contribution in [3.8, 4) is 0 Å². The van der Waals surface area contributed by atoms with E-state index < -0.39 is 11.1 Å². The maximum absolute atomic E-state index is 12.3. The third kappa shape index (κ3) is 3.58. The third-order valence-corrected chi connectivity index (χ3v) is 5.37. The van der Waals surface area contributed by atoms with Crippen molar-refractivity contribution >= 4 is 47.1 Å². The van der Waals surface area contributed by atoms with Gasteiger partial charge in [0, 0.05) is 29.5 Å². The molecule has 0 aromatic rings. The topological polar surface area (TPSA) is 43.9 Å². The lowest BCUT2D eigenvalue weighted by atomic mass is 9.85. The normalized spacial score (nSPS) is 25.3. The molecular weight excluding hydrogens is 337 g/mol. The van der Waals surface area contributed by atoms with Gasteiger partial charge in [-0.1, -0.05) is 13.8 Å². The van der Waals surface area contributed by atoms with Crippen molar-refractivity contribution in [3.63, 3.8) is 0 Å². The van der Waals surface area contributed by atoms with E-state index in [-0.39, 0.29) is 30.8 Å². The van der Waals surface area contributed by atoms with Crippen molar-refractivity contribution in [2.45, 2.75) is 58.5 Å². The fourth-order valence-electron chi connectivity index (χ4n) is 2.43.